The van der Waals surface area contributed by atoms with Crippen molar-refractivity contribution in [3.63, 3.8) is 0 Å². The molecule has 0 aliphatic heterocycles. The van der Waals surface area contributed by atoms with Gasteiger partial charge in [0.25, 0.3) is 5.91 Å². The highest BCUT2D eigenvalue weighted by atomic mass is 35.5. The zero-order chi connectivity index (χ0) is 28.7. The van der Waals surface area contributed by atoms with Crippen molar-refractivity contribution in [2.75, 3.05) is 24.7 Å². The van der Waals surface area contributed by atoms with Crippen molar-refractivity contribution in [1.82, 2.24) is 14.6 Å². The molecule has 208 valence electrons. The highest BCUT2D eigenvalue weighted by molar-refractivity contribution is 7.89. The Hall–Kier alpha value is -3.67. The lowest BCUT2D eigenvalue weighted by Crippen LogP contribution is -2.35. The Labute approximate surface area is 232 Å². The van der Waals surface area contributed by atoms with Crippen LogP contribution in [0.25, 0.3) is 11.1 Å². The lowest BCUT2D eigenvalue weighted by Gasteiger charge is -2.22. The van der Waals surface area contributed by atoms with Crippen molar-refractivity contribution < 1.29 is 28.2 Å². The molecule has 0 radical (unpaired) electrons. The third kappa shape index (κ3) is 8.95. The van der Waals surface area contributed by atoms with Gasteiger partial charge < -0.3 is 20.4 Å². The van der Waals surface area contributed by atoms with Gasteiger partial charge in [0.1, 0.15) is 5.15 Å². The second kappa shape index (κ2) is 12.9. The first kappa shape index (κ1) is 29.9. The van der Waals surface area contributed by atoms with Crippen molar-refractivity contribution in [1.29, 1.82) is 0 Å². The summed E-state index contributed by atoms with van der Waals surface area (Å²) in [5, 5.41) is 23.5. The second-order valence-corrected chi connectivity index (χ2v) is 11.5. The number of anilines is 1. The topological polar surface area (TPSA) is 149 Å². The maximum Gasteiger partial charge on any atom is 0.407 e. The van der Waals surface area contributed by atoms with E-state index in [0.29, 0.717) is 17.7 Å². The van der Waals surface area contributed by atoms with E-state index in [1.54, 1.807) is 24.3 Å². The van der Waals surface area contributed by atoms with Crippen LogP contribution >= 0.6 is 11.6 Å². The predicted octanol–water partition coefficient (Wildman–Crippen LogP) is 4.17. The number of aliphatic hydroxyl groups excluding tert-OH is 1. The average Bonchev–Trinajstić information content (AvgIpc) is 2.85. The largest absolute Gasteiger partial charge is 0.465 e. The quantitative estimate of drug-likeness (QED) is 0.249. The van der Waals surface area contributed by atoms with Crippen molar-refractivity contribution in [3.8, 4) is 11.1 Å². The number of carbonyl (C=O) groups excluding carboxylic acids is 1. The lowest BCUT2D eigenvalue weighted by molar-refractivity contribution is 0.0970. The van der Waals surface area contributed by atoms with E-state index >= 15 is 0 Å². The zero-order valence-corrected chi connectivity index (χ0v) is 23.3. The SMILES string of the molecule is CC(C)Nc1cc(-c2ccc(CCN(C[C@H](O)c3ccc(Cl)nc3)C(=O)O)cc2)ccc1C(=O)NS(C)(=O)=O. The number of rotatable bonds is 11. The highest BCUT2D eigenvalue weighted by Gasteiger charge is 2.19. The molecule has 12 heteroatoms. The normalized spacial score (nSPS) is 12.2. The molecule has 3 aromatic rings. The first-order chi connectivity index (χ1) is 18.3. The van der Waals surface area contributed by atoms with Crippen LogP contribution < -0.4 is 10.0 Å². The molecule has 0 saturated carbocycles. The fraction of sp³-hybridized carbons (Fsp3) is 0.296. The van der Waals surface area contributed by atoms with Crippen LogP contribution in [-0.2, 0) is 16.4 Å². The molecule has 0 aliphatic rings. The van der Waals surface area contributed by atoms with E-state index in [0.717, 1.165) is 27.8 Å². The van der Waals surface area contributed by atoms with Gasteiger partial charge in [0.15, 0.2) is 0 Å². The molecule has 0 bridgehead atoms. The summed E-state index contributed by atoms with van der Waals surface area (Å²) in [5.41, 5.74) is 3.76. The average molecular weight is 575 g/mol. The number of hydrogen-bond donors (Lipinski definition) is 4. The molecule has 0 unspecified atom stereocenters. The summed E-state index contributed by atoms with van der Waals surface area (Å²) in [5.74, 6) is -0.719. The number of carboxylic acid groups (broad SMARTS) is 1. The summed E-state index contributed by atoms with van der Waals surface area (Å²) < 4.78 is 25.0. The van der Waals surface area contributed by atoms with Gasteiger partial charge in [0.05, 0.1) is 24.5 Å². The Morgan fingerprint density at radius 3 is 2.28 bits per heavy atom. The molecular formula is C27H31ClN4O6S. The van der Waals surface area contributed by atoms with Gasteiger partial charge in [-0.3, -0.25) is 4.79 Å². The summed E-state index contributed by atoms with van der Waals surface area (Å²) >= 11 is 5.77. The molecule has 0 spiro atoms. The third-order valence-corrected chi connectivity index (χ3v) is 6.52. The van der Waals surface area contributed by atoms with Gasteiger partial charge in [-0.2, -0.15) is 0 Å². The Morgan fingerprint density at radius 2 is 1.72 bits per heavy atom. The van der Waals surface area contributed by atoms with E-state index in [2.05, 4.69) is 10.3 Å². The highest BCUT2D eigenvalue weighted by Crippen LogP contribution is 2.27. The molecule has 1 atom stereocenters. The van der Waals surface area contributed by atoms with Crippen LogP contribution in [0.1, 0.15) is 41.4 Å². The molecule has 1 heterocycles. The molecule has 10 nitrogen and oxygen atoms in total. The van der Waals surface area contributed by atoms with Crippen LogP contribution in [0.4, 0.5) is 10.5 Å². The van der Waals surface area contributed by atoms with Gasteiger partial charge in [-0.15, -0.1) is 0 Å². The summed E-state index contributed by atoms with van der Waals surface area (Å²) in [7, 11) is -3.71. The molecule has 3 rings (SSSR count). The number of sulfonamides is 1. The minimum absolute atomic E-state index is 0.000867. The standard InChI is InChI=1S/C27H31ClN4O6S/c1-17(2)30-23-14-20(8-10-22(23)26(34)31-39(3,37)38)19-6-4-18(5-7-19)12-13-32(27(35)36)16-24(33)21-9-11-25(28)29-15-21/h4-11,14-15,17,24,30,33H,12-13,16H2,1-3H3,(H,31,34)(H,35,36)/t24-/m0/s1. The summed E-state index contributed by atoms with van der Waals surface area (Å²) in [6, 6.07) is 15.8. The van der Waals surface area contributed by atoms with Gasteiger partial charge in [0.2, 0.25) is 10.0 Å². The number of carbonyl (C=O) groups is 2. The fourth-order valence-electron chi connectivity index (χ4n) is 3.87. The molecule has 1 aromatic heterocycles. The number of pyridine rings is 1. The monoisotopic (exact) mass is 574 g/mol. The maximum absolute atomic E-state index is 12.5. The summed E-state index contributed by atoms with van der Waals surface area (Å²) in [4.78, 5) is 29.3. The lowest BCUT2D eigenvalue weighted by atomic mass is 9.99. The fourth-order valence-corrected chi connectivity index (χ4v) is 4.43. The molecule has 4 N–H and O–H groups in total. The Balaban J connectivity index is 1.71. The van der Waals surface area contributed by atoms with Crippen LogP contribution in [0.3, 0.4) is 0 Å². The van der Waals surface area contributed by atoms with Crippen molar-refractivity contribution in [3.05, 3.63) is 82.6 Å². The van der Waals surface area contributed by atoms with Crippen LogP contribution in [0, 0.1) is 0 Å². The number of aromatic nitrogens is 1. The van der Waals surface area contributed by atoms with Crippen LogP contribution in [0.5, 0.6) is 0 Å². The number of benzene rings is 2. The number of nitrogens with one attached hydrogen (secondary N) is 2. The minimum atomic E-state index is -3.71. The summed E-state index contributed by atoms with van der Waals surface area (Å²) in [6.45, 7) is 3.89. The molecule has 2 aromatic carbocycles. The second-order valence-electron chi connectivity index (χ2n) is 9.37. The first-order valence-electron chi connectivity index (χ1n) is 12.1. The van der Waals surface area contributed by atoms with Gasteiger partial charge in [-0.25, -0.2) is 22.9 Å². The van der Waals surface area contributed by atoms with Crippen LogP contribution in [0.15, 0.2) is 60.8 Å². The molecule has 0 aliphatic carbocycles. The molecule has 0 fully saturated rings. The smallest absolute Gasteiger partial charge is 0.407 e. The molecule has 0 saturated heterocycles. The first-order valence-corrected chi connectivity index (χ1v) is 14.4. The van der Waals surface area contributed by atoms with E-state index in [-0.39, 0.29) is 29.8 Å². The van der Waals surface area contributed by atoms with Gasteiger partial charge in [-0.05, 0) is 55.2 Å². The zero-order valence-electron chi connectivity index (χ0n) is 21.8. The van der Waals surface area contributed by atoms with Gasteiger partial charge >= 0.3 is 6.09 Å². The maximum atomic E-state index is 12.5. The predicted molar refractivity (Wildman–Crippen MR) is 150 cm³/mol. The number of amides is 2. The van der Waals surface area contributed by atoms with E-state index in [1.807, 2.05) is 42.8 Å². The Bertz CT molecular complexity index is 1410. The molecular weight excluding hydrogens is 544 g/mol. The van der Waals surface area contributed by atoms with Crippen molar-refractivity contribution in [2.45, 2.75) is 32.4 Å². The minimum Gasteiger partial charge on any atom is -0.465 e. The Kier molecular flexibility index (Phi) is 9.90. The number of halogens is 1. The van der Waals surface area contributed by atoms with Crippen LogP contribution in [0.2, 0.25) is 5.15 Å². The third-order valence-electron chi connectivity index (χ3n) is 5.74. The molecule has 39 heavy (non-hydrogen) atoms. The van der Waals surface area contributed by atoms with E-state index in [4.69, 9.17) is 11.6 Å². The number of hydrogen-bond acceptors (Lipinski definition) is 7. The van der Waals surface area contributed by atoms with Gasteiger partial charge in [-0.1, -0.05) is 48.0 Å². The summed E-state index contributed by atoms with van der Waals surface area (Å²) in [6.07, 6.45) is 0.592. The van der Waals surface area contributed by atoms with E-state index in [9.17, 15) is 28.2 Å². The number of aliphatic hydroxyl groups is 1. The Morgan fingerprint density at radius 1 is 1.05 bits per heavy atom. The van der Waals surface area contributed by atoms with Crippen molar-refractivity contribution in [2.24, 2.45) is 0 Å². The van der Waals surface area contributed by atoms with Crippen molar-refractivity contribution >= 4 is 39.3 Å². The van der Waals surface area contributed by atoms with E-state index < -0.39 is 28.1 Å². The van der Waals surface area contributed by atoms with E-state index in [1.165, 1.54) is 12.3 Å². The molecule has 2 amide bonds. The van der Waals surface area contributed by atoms with Crippen LogP contribution in [-0.4, -0.2) is 65.9 Å². The number of nitrogens with zero attached hydrogens (tertiary/aromatic N) is 2. The van der Waals surface area contributed by atoms with Gasteiger partial charge in [0, 0.05) is 30.0 Å².